The Morgan fingerprint density at radius 3 is 2.45 bits per heavy atom. The highest BCUT2D eigenvalue weighted by Gasteiger charge is 2.31. The minimum absolute atomic E-state index is 0.0199. The second-order valence-electron chi connectivity index (χ2n) is 6.54. The van der Waals surface area contributed by atoms with E-state index in [-0.39, 0.29) is 22.4 Å². The van der Waals surface area contributed by atoms with Crippen LogP contribution in [-0.2, 0) is 6.18 Å². The summed E-state index contributed by atoms with van der Waals surface area (Å²) in [5.74, 6) is -0.683. The summed E-state index contributed by atoms with van der Waals surface area (Å²) in [7, 11) is 0. The molecule has 29 heavy (non-hydrogen) atoms. The zero-order chi connectivity index (χ0) is 20.9. The van der Waals surface area contributed by atoms with Gasteiger partial charge in [0, 0.05) is 12.4 Å². The fourth-order valence-corrected chi connectivity index (χ4v) is 3.21. The van der Waals surface area contributed by atoms with Crippen LogP contribution in [0.15, 0.2) is 41.6 Å². The molecule has 4 rings (SSSR count). The molecule has 0 fully saturated rings. The standard InChI is InChI=1S/C19H13F4N5O/c1-9-5-11(19(21,22)23)6-10(2)15(9)28-8-13-17(27-28)25-16(26-18(13)29)12-3-4-24-7-14(12)20/h3-8H,1-2H3,(H,25,26,27,29). The second-order valence-corrected chi connectivity index (χ2v) is 6.54. The number of fused-ring (bicyclic) bond motifs is 1. The molecule has 0 atom stereocenters. The van der Waals surface area contributed by atoms with Crippen molar-refractivity contribution in [3.63, 3.8) is 0 Å². The number of halogens is 4. The van der Waals surface area contributed by atoms with E-state index in [4.69, 9.17) is 0 Å². The Morgan fingerprint density at radius 1 is 1.14 bits per heavy atom. The van der Waals surface area contributed by atoms with E-state index in [1.807, 2.05) is 0 Å². The van der Waals surface area contributed by atoms with Crippen LogP contribution in [0.4, 0.5) is 17.6 Å². The minimum atomic E-state index is -4.47. The number of aryl methyl sites for hydroxylation is 2. The number of aromatic amines is 1. The smallest absolute Gasteiger partial charge is 0.306 e. The van der Waals surface area contributed by atoms with Gasteiger partial charge in [-0.05, 0) is 43.2 Å². The topological polar surface area (TPSA) is 76.5 Å². The van der Waals surface area contributed by atoms with E-state index in [9.17, 15) is 22.4 Å². The van der Waals surface area contributed by atoms with Gasteiger partial charge in [-0.1, -0.05) is 0 Å². The SMILES string of the molecule is Cc1cc(C(F)(F)F)cc(C)c1-n1cc2c(=O)[nH]c(-c3ccncc3F)nc2n1. The number of pyridine rings is 1. The van der Waals surface area contributed by atoms with Crippen LogP contribution in [0.2, 0.25) is 0 Å². The monoisotopic (exact) mass is 403 g/mol. The number of aromatic nitrogens is 5. The predicted octanol–water partition coefficient (Wildman–Crippen LogP) is 3.95. The molecule has 148 valence electrons. The van der Waals surface area contributed by atoms with Crippen molar-refractivity contribution in [3.05, 3.63) is 69.7 Å². The average molecular weight is 403 g/mol. The van der Waals surface area contributed by atoms with Crippen molar-refractivity contribution in [1.29, 1.82) is 0 Å². The van der Waals surface area contributed by atoms with Gasteiger partial charge in [0.05, 0.1) is 23.0 Å². The van der Waals surface area contributed by atoms with Gasteiger partial charge in [-0.15, -0.1) is 5.10 Å². The minimum Gasteiger partial charge on any atom is -0.306 e. The molecule has 0 aliphatic rings. The molecular formula is C19H13F4N5O. The van der Waals surface area contributed by atoms with E-state index in [0.717, 1.165) is 18.3 Å². The highest BCUT2D eigenvalue weighted by atomic mass is 19.4. The zero-order valence-corrected chi connectivity index (χ0v) is 15.2. The van der Waals surface area contributed by atoms with Crippen LogP contribution >= 0.6 is 0 Å². The molecule has 6 nitrogen and oxygen atoms in total. The summed E-state index contributed by atoms with van der Waals surface area (Å²) in [6.45, 7) is 3.05. The Balaban J connectivity index is 1.88. The Hall–Kier alpha value is -3.56. The summed E-state index contributed by atoms with van der Waals surface area (Å²) in [5.41, 5.74) is -0.140. The van der Waals surface area contributed by atoms with Gasteiger partial charge in [0.2, 0.25) is 0 Å². The second kappa shape index (κ2) is 6.50. The van der Waals surface area contributed by atoms with E-state index >= 15 is 0 Å². The van der Waals surface area contributed by atoms with E-state index in [1.54, 1.807) is 0 Å². The van der Waals surface area contributed by atoms with Gasteiger partial charge >= 0.3 is 6.18 Å². The third-order valence-corrected chi connectivity index (χ3v) is 4.46. The molecule has 4 aromatic rings. The van der Waals surface area contributed by atoms with Crippen molar-refractivity contribution in [3.8, 4) is 17.1 Å². The third-order valence-electron chi connectivity index (χ3n) is 4.46. The maximum absolute atomic E-state index is 14.0. The quantitative estimate of drug-likeness (QED) is 0.515. The Kier molecular flexibility index (Phi) is 4.21. The van der Waals surface area contributed by atoms with Crippen LogP contribution in [0.5, 0.6) is 0 Å². The van der Waals surface area contributed by atoms with Crippen molar-refractivity contribution < 1.29 is 17.6 Å². The first-order chi connectivity index (χ1) is 13.6. The van der Waals surface area contributed by atoms with E-state index < -0.39 is 23.1 Å². The number of rotatable bonds is 2. The Morgan fingerprint density at radius 2 is 1.83 bits per heavy atom. The van der Waals surface area contributed by atoms with Gasteiger partial charge in [0.1, 0.15) is 11.2 Å². The van der Waals surface area contributed by atoms with Gasteiger partial charge in [-0.25, -0.2) is 14.1 Å². The number of nitrogens with one attached hydrogen (secondary N) is 1. The van der Waals surface area contributed by atoms with Gasteiger partial charge in [-0.2, -0.15) is 13.2 Å². The fraction of sp³-hybridized carbons (Fsp3) is 0.158. The van der Waals surface area contributed by atoms with Crippen molar-refractivity contribution in [2.45, 2.75) is 20.0 Å². The maximum Gasteiger partial charge on any atom is 0.416 e. The zero-order valence-electron chi connectivity index (χ0n) is 15.2. The molecule has 0 aliphatic heterocycles. The lowest BCUT2D eigenvalue weighted by Crippen LogP contribution is -2.09. The van der Waals surface area contributed by atoms with Gasteiger partial charge in [0.25, 0.3) is 5.56 Å². The highest BCUT2D eigenvalue weighted by Crippen LogP contribution is 2.33. The van der Waals surface area contributed by atoms with Crippen LogP contribution < -0.4 is 5.56 Å². The summed E-state index contributed by atoms with van der Waals surface area (Å²) in [5, 5.41) is 4.37. The first-order valence-electron chi connectivity index (χ1n) is 8.43. The normalized spacial score (nSPS) is 11.9. The summed E-state index contributed by atoms with van der Waals surface area (Å²) >= 11 is 0. The largest absolute Gasteiger partial charge is 0.416 e. The van der Waals surface area contributed by atoms with E-state index in [1.165, 1.54) is 37.0 Å². The third kappa shape index (κ3) is 3.26. The summed E-state index contributed by atoms with van der Waals surface area (Å²) in [4.78, 5) is 22.8. The van der Waals surface area contributed by atoms with E-state index in [2.05, 4.69) is 20.1 Å². The summed E-state index contributed by atoms with van der Waals surface area (Å²) in [6.07, 6.45) is -0.731. The van der Waals surface area contributed by atoms with Crippen LogP contribution in [0, 0.1) is 19.7 Å². The molecule has 3 heterocycles. The molecule has 1 aromatic carbocycles. The van der Waals surface area contributed by atoms with Gasteiger partial charge in [-0.3, -0.25) is 9.78 Å². The number of H-pyrrole nitrogens is 1. The number of hydrogen-bond donors (Lipinski definition) is 1. The van der Waals surface area contributed by atoms with Gasteiger partial charge in [0.15, 0.2) is 11.5 Å². The lowest BCUT2D eigenvalue weighted by Gasteiger charge is -2.14. The molecule has 0 saturated heterocycles. The number of benzene rings is 1. The first kappa shape index (κ1) is 18.8. The van der Waals surface area contributed by atoms with Crippen LogP contribution in [0.3, 0.4) is 0 Å². The fourth-order valence-electron chi connectivity index (χ4n) is 3.21. The van der Waals surface area contributed by atoms with E-state index in [0.29, 0.717) is 16.8 Å². The molecule has 10 heteroatoms. The van der Waals surface area contributed by atoms with Crippen LogP contribution in [0.25, 0.3) is 28.1 Å². The molecule has 0 bridgehead atoms. The lowest BCUT2D eigenvalue weighted by atomic mass is 10.0. The Labute approximate surface area is 160 Å². The first-order valence-corrected chi connectivity index (χ1v) is 8.43. The molecule has 3 aromatic heterocycles. The molecule has 1 N–H and O–H groups in total. The van der Waals surface area contributed by atoms with Crippen molar-refractivity contribution in [1.82, 2.24) is 24.7 Å². The van der Waals surface area contributed by atoms with Crippen molar-refractivity contribution >= 4 is 11.0 Å². The molecule has 0 amide bonds. The predicted molar refractivity (Wildman–Crippen MR) is 97.2 cm³/mol. The molecule has 0 spiro atoms. The molecule has 0 unspecified atom stereocenters. The lowest BCUT2D eigenvalue weighted by molar-refractivity contribution is -0.137. The van der Waals surface area contributed by atoms with Crippen molar-refractivity contribution in [2.75, 3.05) is 0 Å². The highest BCUT2D eigenvalue weighted by molar-refractivity contribution is 5.76. The summed E-state index contributed by atoms with van der Waals surface area (Å²) < 4.78 is 54.4. The molecule has 0 radical (unpaired) electrons. The number of hydrogen-bond acceptors (Lipinski definition) is 4. The number of alkyl halides is 3. The van der Waals surface area contributed by atoms with Crippen LogP contribution in [0.1, 0.15) is 16.7 Å². The molecule has 0 aliphatic carbocycles. The Bertz CT molecular complexity index is 1280. The van der Waals surface area contributed by atoms with Crippen LogP contribution in [-0.4, -0.2) is 24.7 Å². The van der Waals surface area contributed by atoms with Gasteiger partial charge < -0.3 is 4.98 Å². The summed E-state index contributed by atoms with van der Waals surface area (Å²) in [6, 6.07) is 3.40. The maximum atomic E-state index is 14.0. The average Bonchev–Trinajstić information content (AvgIpc) is 3.05. The van der Waals surface area contributed by atoms with Crippen molar-refractivity contribution in [2.24, 2.45) is 0 Å². The number of nitrogens with zero attached hydrogens (tertiary/aromatic N) is 4. The molecule has 0 saturated carbocycles. The molecular weight excluding hydrogens is 390 g/mol.